The van der Waals surface area contributed by atoms with E-state index in [-0.39, 0.29) is 37.3 Å². The molecule has 1 heterocycles. The van der Waals surface area contributed by atoms with Gasteiger partial charge in [0, 0.05) is 13.1 Å². The maximum absolute atomic E-state index is 13.6. The molecule has 0 aromatic heterocycles. The first-order valence-corrected chi connectivity index (χ1v) is 8.82. The van der Waals surface area contributed by atoms with Crippen LogP contribution in [0.4, 0.5) is 4.39 Å². The second kappa shape index (κ2) is 7.37. The van der Waals surface area contributed by atoms with Crippen molar-refractivity contribution in [3.8, 4) is 0 Å². The molecule has 0 bridgehead atoms. The molecule has 1 aromatic carbocycles. The molecule has 8 heteroatoms. The first-order chi connectivity index (χ1) is 10.8. The number of carbonyl (C=O) groups excluding carboxylic acids is 1. The Labute approximate surface area is 135 Å². The highest BCUT2D eigenvalue weighted by molar-refractivity contribution is 7.89. The molecular weight excluding hydrogens is 325 g/mol. The van der Waals surface area contributed by atoms with Crippen LogP contribution < -0.4 is 0 Å². The zero-order valence-electron chi connectivity index (χ0n) is 13.1. The van der Waals surface area contributed by atoms with Crippen LogP contribution in [0.1, 0.15) is 18.9 Å². The lowest BCUT2D eigenvalue weighted by Crippen LogP contribution is -2.31. The summed E-state index contributed by atoms with van der Waals surface area (Å²) in [6.07, 6.45) is 0.108. The predicted molar refractivity (Wildman–Crippen MR) is 80.9 cm³/mol. The van der Waals surface area contributed by atoms with Crippen LogP contribution >= 0.6 is 0 Å². The summed E-state index contributed by atoms with van der Waals surface area (Å²) in [5.74, 6) is -1.03. The van der Waals surface area contributed by atoms with E-state index in [0.717, 1.165) is 6.07 Å². The highest BCUT2D eigenvalue weighted by atomic mass is 32.2. The second-order valence-electron chi connectivity index (χ2n) is 5.30. The molecule has 0 aliphatic carbocycles. The molecule has 1 aliphatic rings. The Hall–Kier alpha value is -1.51. The number of carbonyl (C=O) groups is 1. The van der Waals surface area contributed by atoms with Gasteiger partial charge in [-0.05, 0) is 38.0 Å². The van der Waals surface area contributed by atoms with E-state index in [1.165, 1.54) is 16.4 Å². The number of rotatable bonds is 6. The van der Waals surface area contributed by atoms with Gasteiger partial charge in [-0.25, -0.2) is 17.6 Å². The van der Waals surface area contributed by atoms with Gasteiger partial charge < -0.3 is 9.47 Å². The number of aryl methyl sites for hydroxylation is 1. The first-order valence-electron chi connectivity index (χ1n) is 7.38. The predicted octanol–water partition coefficient (Wildman–Crippen LogP) is 1.48. The molecule has 1 saturated heterocycles. The number of benzene rings is 1. The molecule has 0 amide bonds. The fourth-order valence-corrected chi connectivity index (χ4v) is 3.82. The zero-order valence-corrected chi connectivity index (χ0v) is 13.9. The highest BCUT2D eigenvalue weighted by Gasteiger charge is 2.33. The summed E-state index contributed by atoms with van der Waals surface area (Å²) in [4.78, 5) is 11.2. The van der Waals surface area contributed by atoms with E-state index >= 15 is 0 Å². The average molecular weight is 345 g/mol. The molecule has 2 rings (SSSR count). The summed E-state index contributed by atoms with van der Waals surface area (Å²) in [5.41, 5.74) is 0.390. The van der Waals surface area contributed by atoms with Crippen LogP contribution in [0.5, 0.6) is 0 Å². The molecule has 0 radical (unpaired) electrons. The first kappa shape index (κ1) is 17.8. The van der Waals surface area contributed by atoms with E-state index in [0.29, 0.717) is 12.0 Å². The number of sulfonamides is 1. The van der Waals surface area contributed by atoms with Gasteiger partial charge in [0.1, 0.15) is 12.4 Å². The quantitative estimate of drug-likeness (QED) is 0.730. The summed E-state index contributed by atoms with van der Waals surface area (Å²) in [7, 11) is -3.76. The summed E-state index contributed by atoms with van der Waals surface area (Å²) < 4.78 is 50.0. The Balaban J connectivity index is 1.99. The number of hydrogen-bond donors (Lipinski definition) is 0. The fourth-order valence-electron chi connectivity index (χ4n) is 2.32. The minimum absolute atomic E-state index is 0.0772. The summed E-state index contributed by atoms with van der Waals surface area (Å²) in [6.45, 7) is 3.74. The van der Waals surface area contributed by atoms with Crippen molar-refractivity contribution in [1.29, 1.82) is 0 Å². The lowest BCUT2D eigenvalue weighted by atomic mass is 10.2. The molecule has 23 heavy (non-hydrogen) atoms. The Kier molecular flexibility index (Phi) is 5.72. The third kappa shape index (κ3) is 4.27. The molecule has 128 valence electrons. The van der Waals surface area contributed by atoms with E-state index < -0.39 is 21.8 Å². The Morgan fingerprint density at radius 1 is 1.43 bits per heavy atom. The third-order valence-corrected chi connectivity index (χ3v) is 5.49. The fraction of sp³-hybridized carbons (Fsp3) is 0.533. The highest BCUT2D eigenvalue weighted by Crippen LogP contribution is 2.23. The minimum atomic E-state index is -3.76. The molecule has 0 spiro atoms. The topological polar surface area (TPSA) is 72.9 Å². The molecule has 1 atom stereocenters. The maximum atomic E-state index is 13.6. The van der Waals surface area contributed by atoms with E-state index in [2.05, 4.69) is 0 Å². The lowest BCUT2D eigenvalue weighted by Gasteiger charge is -2.17. The van der Waals surface area contributed by atoms with Gasteiger partial charge in [0.2, 0.25) is 10.0 Å². The van der Waals surface area contributed by atoms with E-state index in [4.69, 9.17) is 9.47 Å². The standard InChI is InChI=1S/C15H20FNO5S/c1-3-21-15(18)10-22-12-6-7-17(9-12)23(19,20)13-5-4-11(2)14(16)8-13/h4-5,8,12H,3,6-7,9-10H2,1-2H3/t12-/m0/s1. The van der Waals surface area contributed by atoms with Crippen LogP contribution in [0.3, 0.4) is 0 Å². The molecule has 1 fully saturated rings. The Morgan fingerprint density at radius 2 is 2.17 bits per heavy atom. The number of hydrogen-bond acceptors (Lipinski definition) is 5. The Morgan fingerprint density at radius 3 is 2.83 bits per heavy atom. The molecular formula is C15H20FNO5S. The van der Waals surface area contributed by atoms with Gasteiger partial charge in [0.15, 0.2) is 0 Å². The van der Waals surface area contributed by atoms with Crippen molar-refractivity contribution in [1.82, 2.24) is 4.31 Å². The molecule has 0 unspecified atom stereocenters. The Bertz CT molecular complexity index is 676. The minimum Gasteiger partial charge on any atom is -0.464 e. The van der Waals surface area contributed by atoms with Crippen molar-refractivity contribution in [2.24, 2.45) is 0 Å². The second-order valence-corrected chi connectivity index (χ2v) is 7.24. The molecule has 1 aromatic rings. The number of halogens is 1. The zero-order chi connectivity index (χ0) is 17.0. The van der Waals surface area contributed by atoms with Crippen molar-refractivity contribution in [3.63, 3.8) is 0 Å². The number of nitrogens with zero attached hydrogens (tertiary/aromatic N) is 1. The number of ether oxygens (including phenoxy) is 2. The van der Waals surface area contributed by atoms with Gasteiger partial charge in [0.25, 0.3) is 0 Å². The van der Waals surface area contributed by atoms with Crippen molar-refractivity contribution in [3.05, 3.63) is 29.6 Å². The van der Waals surface area contributed by atoms with Gasteiger partial charge in [0.05, 0.1) is 17.6 Å². The summed E-state index contributed by atoms with van der Waals surface area (Å²) in [6, 6.07) is 3.85. The smallest absolute Gasteiger partial charge is 0.332 e. The largest absolute Gasteiger partial charge is 0.464 e. The van der Waals surface area contributed by atoms with Crippen LogP contribution in [-0.4, -0.2) is 51.1 Å². The van der Waals surface area contributed by atoms with Gasteiger partial charge in [-0.15, -0.1) is 0 Å². The van der Waals surface area contributed by atoms with Gasteiger partial charge >= 0.3 is 5.97 Å². The van der Waals surface area contributed by atoms with Crippen molar-refractivity contribution >= 4 is 16.0 Å². The lowest BCUT2D eigenvalue weighted by molar-refractivity contribution is -0.150. The van der Waals surface area contributed by atoms with Crippen molar-refractivity contribution < 1.29 is 27.1 Å². The summed E-state index contributed by atoms with van der Waals surface area (Å²) >= 11 is 0. The molecule has 0 saturated carbocycles. The van der Waals surface area contributed by atoms with Crippen LogP contribution in [0.2, 0.25) is 0 Å². The van der Waals surface area contributed by atoms with Gasteiger partial charge in [-0.3, -0.25) is 0 Å². The van der Waals surface area contributed by atoms with E-state index in [1.54, 1.807) is 13.8 Å². The van der Waals surface area contributed by atoms with Crippen LogP contribution in [0, 0.1) is 12.7 Å². The van der Waals surface area contributed by atoms with Crippen LogP contribution in [-0.2, 0) is 24.3 Å². The SMILES string of the molecule is CCOC(=O)CO[C@H]1CCN(S(=O)(=O)c2ccc(C)c(F)c2)C1. The number of esters is 1. The third-order valence-electron chi connectivity index (χ3n) is 3.63. The van der Waals surface area contributed by atoms with Crippen LogP contribution in [0.15, 0.2) is 23.1 Å². The molecule has 1 aliphatic heterocycles. The van der Waals surface area contributed by atoms with Crippen molar-refractivity contribution in [2.75, 3.05) is 26.3 Å². The molecule has 6 nitrogen and oxygen atoms in total. The van der Waals surface area contributed by atoms with Crippen molar-refractivity contribution in [2.45, 2.75) is 31.3 Å². The van der Waals surface area contributed by atoms with Gasteiger partial charge in [-0.2, -0.15) is 4.31 Å². The van der Waals surface area contributed by atoms with E-state index in [1.807, 2.05) is 0 Å². The van der Waals surface area contributed by atoms with Gasteiger partial charge in [-0.1, -0.05) is 6.07 Å². The normalized spacial score (nSPS) is 19.0. The molecule has 0 N–H and O–H groups in total. The monoisotopic (exact) mass is 345 g/mol. The van der Waals surface area contributed by atoms with Crippen LogP contribution in [0.25, 0.3) is 0 Å². The van der Waals surface area contributed by atoms with E-state index in [9.17, 15) is 17.6 Å². The average Bonchev–Trinajstić information content (AvgIpc) is 2.98. The summed E-state index contributed by atoms with van der Waals surface area (Å²) in [5, 5.41) is 0. The maximum Gasteiger partial charge on any atom is 0.332 e.